The lowest BCUT2D eigenvalue weighted by atomic mass is 10.2. The predicted octanol–water partition coefficient (Wildman–Crippen LogP) is 2.86. The molecule has 6 heteroatoms. The number of nitrogens with zero attached hydrogens (tertiary/aromatic N) is 2. The number of hydrogen-bond donors (Lipinski definition) is 1. The lowest BCUT2D eigenvalue weighted by molar-refractivity contribution is 0.0512. The highest BCUT2D eigenvalue weighted by Crippen LogP contribution is 2.31. The summed E-state index contributed by atoms with van der Waals surface area (Å²) in [4.78, 5) is 15.7. The molecule has 96 valence electrons. The molecule has 3 rings (SSSR count). The zero-order valence-corrected chi connectivity index (χ0v) is 11.0. The number of carbonyl (C=O) groups is 1. The van der Waals surface area contributed by atoms with Crippen LogP contribution in [0.25, 0.3) is 21.5 Å². The molecule has 0 saturated carbocycles. The Bertz CT molecular complexity index is 732. The molecule has 1 aromatic carbocycles. The van der Waals surface area contributed by atoms with Gasteiger partial charge in [0.05, 0.1) is 6.61 Å². The van der Waals surface area contributed by atoms with Gasteiger partial charge in [0.15, 0.2) is 5.82 Å². The molecule has 1 N–H and O–H groups in total. The van der Waals surface area contributed by atoms with Gasteiger partial charge in [-0.05, 0) is 13.0 Å². The number of carbonyl (C=O) groups excluding carboxylic acids is 1. The molecule has 0 saturated heterocycles. The topological polar surface area (TPSA) is 67.9 Å². The summed E-state index contributed by atoms with van der Waals surface area (Å²) in [6.45, 7) is 2.07. The molecule has 0 bridgehead atoms. The maximum absolute atomic E-state index is 11.5. The quantitative estimate of drug-likeness (QED) is 0.745. The minimum Gasteiger partial charge on any atom is -0.460 e. The largest absolute Gasteiger partial charge is 0.460 e. The van der Waals surface area contributed by atoms with Crippen molar-refractivity contribution in [1.82, 2.24) is 15.2 Å². The molecule has 3 aromatic rings. The molecule has 0 amide bonds. The molecule has 0 aliphatic heterocycles. The van der Waals surface area contributed by atoms with E-state index < -0.39 is 5.97 Å². The molecule has 0 radical (unpaired) electrons. The van der Waals surface area contributed by atoms with Gasteiger partial charge >= 0.3 is 5.97 Å². The molecular weight excluding hydrogens is 262 g/mol. The van der Waals surface area contributed by atoms with Gasteiger partial charge in [0.1, 0.15) is 0 Å². The number of ether oxygens (including phenoxy) is 1. The third-order valence-corrected chi connectivity index (χ3v) is 3.64. The molecule has 19 heavy (non-hydrogen) atoms. The zero-order chi connectivity index (χ0) is 13.2. The number of hydrogen-bond acceptors (Lipinski definition) is 5. The third-order valence-electron chi connectivity index (χ3n) is 2.68. The summed E-state index contributed by atoms with van der Waals surface area (Å²) in [6.07, 6.45) is 0. The van der Waals surface area contributed by atoms with Gasteiger partial charge < -0.3 is 4.74 Å². The third kappa shape index (κ3) is 2.10. The summed E-state index contributed by atoms with van der Waals surface area (Å²) >= 11 is 1.63. The van der Waals surface area contributed by atoms with Crippen LogP contribution in [-0.4, -0.2) is 27.8 Å². The first kappa shape index (κ1) is 11.9. The molecule has 0 spiro atoms. The monoisotopic (exact) mass is 273 g/mol. The first-order chi connectivity index (χ1) is 9.29. The van der Waals surface area contributed by atoms with Gasteiger partial charge in [-0.1, -0.05) is 18.2 Å². The van der Waals surface area contributed by atoms with Gasteiger partial charge in [-0.15, -0.1) is 11.3 Å². The van der Waals surface area contributed by atoms with E-state index in [1.54, 1.807) is 18.3 Å². The van der Waals surface area contributed by atoms with Crippen LogP contribution in [0.1, 0.15) is 17.5 Å². The van der Waals surface area contributed by atoms with E-state index in [0.29, 0.717) is 12.4 Å². The van der Waals surface area contributed by atoms with Gasteiger partial charge in [-0.3, -0.25) is 5.10 Å². The Kier molecular flexibility index (Phi) is 3.00. The zero-order valence-electron chi connectivity index (χ0n) is 10.2. The lowest BCUT2D eigenvalue weighted by Crippen LogP contribution is -2.06. The van der Waals surface area contributed by atoms with Crippen LogP contribution in [0, 0.1) is 0 Å². The van der Waals surface area contributed by atoms with E-state index in [2.05, 4.69) is 15.2 Å². The second-order valence-electron chi connectivity index (χ2n) is 3.87. The van der Waals surface area contributed by atoms with Crippen LogP contribution in [-0.2, 0) is 4.74 Å². The smallest absolute Gasteiger partial charge is 0.375 e. The fraction of sp³-hybridized carbons (Fsp3) is 0.154. The minimum absolute atomic E-state index is 0.132. The van der Waals surface area contributed by atoms with E-state index in [0.717, 1.165) is 10.9 Å². The summed E-state index contributed by atoms with van der Waals surface area (Å²) in [5.74, 6) is 0.161. The molecule has 0 aliphatic carbocycles. The number of H-pyrrole nitrogens is 1. The highest BCUT2D eigenvalue weighted by atomic mass is 32.1. The molecule has 5 nitrogen and oxygen atoms in total. The van der Waals surface area contributed by atoms with Crippen molar-refractivity contribution in [3.63, 3.8) is 0 Å². The molecule has 2 heterocycles. The molecule has 0 aliphatic rings. The Morgan fingerprint density at radius 2 is 2.26 bits per heavy atom. The number of thiophene rings is 1. The van der Waals surface area contributed by atoms with E-state index in [1.165, 1.54) is 4.70 Å². The molecule has 0 unspecified atom stereocenters. The Hall–Kier alpha value is -2.21. The average molecular weight is 273 g/mol. The van der Waals surface area contributed by atoms with Gasteiger partial charge in [0.25, 0.3) is 0 Å². The Morgan fingerprint density at radius 1 is 1.42 bits per heavy atom. The van der Waals surface area contributed by atoms with E-state index >= 15 is 0 Å². The second kappa shape index (κ2) is 4.81. The Balaban J connectivity index is 2.01. The summed E-state index contributed by atoms with van der Waals surface area (Å²) in [6, 6.07) is 8.02. The standard InChI is InChI=1S/C13H11N3O2S/c1-2-18-13(17)12-14-11(15-16-12)9-7-19-10-6-4-3-5-8(9)10/h3-7H,2H2,1H3,(H,14,15,16). The SMILES string of the molecule is CCOC(=O)c1nc(-c2csc3ccccc23)n[nH]1. The van der Waals surface area contributed by atoms with Crippen molar-refractivity contribution in [3.8, 4) is 11.4 Å². The number of rotatable bonds is 3. The number of esters is 1. The normalized spacial score (nSPS) is 10.8. The van der Waals surface area contributed by atoms with Crippen molar-refractivity contribution in [1.29, 1.82) is 0 Å². The van der Waals surface area contributed by atoms with E-state index in [4.69, 9.17) is 4.74 Å². The van der Waals surface area contributed by atoms with Crippen LogP contribution in [0.3, 0.4) is 0 Å². The Labute approximate surface area is 113 Å². The summed E-state index contributed by atoms with van der Waals surface area (Å²) in [7, 11) is 0. The molecule has 0 atom stereocenters. The van der Waals surface area contributed by atoms with Crippen molar-refractivity contribution in [3.05, 3.63) is 35.5 Å². The second-order valence-corrected chi connectivity index (χ2v) is 4.78. The van der Waals surface area contributed by atoms with Crippen LogP contribution in [0.15, 0.2) is 29.6 Å². The van der Waals surface area contributed by atoms with Gasteiger partial charge in [0.2, 0.25) is 5.82 Å². The summed E-state index contributed by atoms with van der Waals surface area (Å²) < 4.78 is 6.04. The van der Waals surface area contributed by atoms with Crippen molar-refractivity contribution in [2.45, 2.75) is 6.92 Å². The average Bonchev–Trinajstić information content (AvgIpc) is 3.05. The van der Waals surface area contributed by atoms with Crippen LogP contribution in [0.4, 0.5) is 0 Å². The fourth-order valence-corrected chi connectivity index (χ4v) is 2.76. The maximum Gasteiger partial charge on any atom is 0.375 e. The molecule has 0 fully saturated rings. The first-order valence-electron chi connectivity index (χ1n) is 5.85. The van der Waals surface area contributed by atoms with Crippen LogP contribution < -0.4 is 0 Å². The first-order valence-corrected chi connectivity index (χ1v) is 6.73. The number of benzene rings is 1. The van der Waals surface area contributed by atoms with Gasteiger partial charge in [0, 0.05) is 21.0 Å². The van der Waals surface area contributed by atoms with Crippen LogP contribution >= 0.6 is 11.3 Å². The van der Waals surface area contributed by atoms with Crippen molar-refractivity contribution in [2.24, 2.45) is 0 Å². The Morgan fingerprint density at radius 3 is 3.11 bits per heavy atom. The maximum atomic E-state index is 11.5. The minimum atomic E-state index is -0.485. The fourth-order valence-electron chi connectivity index (χ4n) is 1.82. The van der Waals surface area contributed by atoms with E-state index in [1.807, 2.05) is 29.6 Å². The summed E-state index contributed by atoms with van der Waals surface area (Å²) in [5.41, 5.74) is 0.924. The van der Waals surface area contributed by atoms with Crippen molar-refractivity contribution >= 4 is 27.4 Å². The number of nitrogens with one attached hydrogen (secondary N) is 1. The molecule has 2 aromatic heterocycles. The van der Waals surface area contributed by atoms with Crippen molar-refractivity contribution < 1.29 is 9.53 Å². The number of fused-ring (bicyclic) bond motifs is 1. The van der Waals surface area contributed by atoms with Gasteiger partial charge in [-0.25, -0.2) is 9.78 Å². The van der Waals surface area contributed by atoms with E-state index in [-0.39, 0.29) is 5.82 Å². The highest BCUT2D eigenvalue weighted by Gasteiger charge is 2.15. The number of aromatic amines is 1. The van der Waals surface area contributed by atoms with Crippen LogP contribution in [0.5, 0.6) is 0 Å². The summed E-state index contributed by atoms with van der Waals surface area (Å²) in [5, 5.41) is 9.77. The van der Waals surface area contributed by atoms with Crippen molar-refractivity contribution in [2.75, 3.05) is 6.61 Å². The predicted molar refractivity (Wildman–Crippen MR) is 73.2 cm³/mol. The number of aromatic nitrogens is 3. The molecular formula is C13H11N3O2S. The van der Waals surface area contributed by atoms with Crippen LogP contribution in [0.2, 0.25) is 0 Å². The van der Waals surface area contributed by atoms with Gasteiger partial charge in [-0.2, -0.15) is 5.10 Å². The van der Waals surface area contributed by atoms with E-state index in [9.17, 15) is 4.79 Å². The lowest BCUT2D eigenvalue weighted by Gasteiger charge is -1.95. The highest BCUT2D eigenvalue weighted by molar-refractivity contribution is 7.17.